The largest absolute Gasteiger partial charge is 0.396 e. The highest BCUT2D eigenvalue weighted by Gasteiger charge is 2.36. The van der Waals surface area contributed by atoms with E-state index in [1.807, 2.05) is 0 Å². The molecule has 2 rings (SSSR count). The van der Waals surface area contributed by atoms with Gasteiger partial charge in [0.2, 0.25) is 0 Å². The van der Waals surface area contributed by atoms with E-state index >= 15 is 0 Å². The maximum atomic E-state index is 8.90. The van der Waals surface area contributed by atoms with Gasteiger partial charge in [0.15, 0.2) is 0 Å². The first-order valence-electron chi connectivity index (χ1n) is 5.21. The van der Waals surface area contributed by atoms with Crippen LogP contribution in [0.5, 0.6) is 0 Å². The summed E-state index contributed by atoms with van der Waals surface area (Å²) in [5, 5.41) is 8.90. The molecular weight excluding hydrogens is 166 g/mol. The maximum Gasteiger partial charge on any atom is 0.0622 e. The lowest BCUT2D eigenvalue weighted by molar-refractivity contribution is -0.0768. The first-order chi connectivity index (χ1) is 6.31. The Bertz CT molecular complexity index is 160. The zero-order valence-electron chi connectivity index (χ0n) is 8.28. The molecule has 2 unspecified atom stereocenters. The third-order valence-corrected chi connectivity index (χ3v) is 3.52. The Kier molecular flexibility index (Phi) is 2.86. The standard InChI is InChI=1S/C10H19NO2/c1-11-9-4-8(2-3-12)5-10(11)7-13-6-9/h8-10,12H,2-7H2,1H3. The summed E-state index contributed by atoms with van der Waals surface area (Å²) in [7, 11) is 2.20. The molecule has 3 nitrogen and oxygen atoms in total. The van der Waals surface area contributed by atoms with Gasteiger partial charge in [-0.1, -0.05) is 0 Å². The molecule has 2 aliphatic heterocycles. The van der Waals surface area contributed by atoms with E-state index in [0.717, 1.165) is 25.6 Å². The van der Waals surface area contributed by atoms with Crippen LogP contribution >= 0.6 is 0 Å². The number of morpholine rings is 1. The molecule has 0 aliphatic carbocycles. The predicted molar refractivity (Wildman–Crippen MR) is 50.6 cm³/mol. The Morgan fingerprint density at radius 3 is 2.46 bits per heavy atom. The normalized spacial score (nSPS) is 40.6. The second-order valence-electron chi connectivity index (χ2n) is 4.36. The number of nitrogens with zero attached hydrogens (tertiary/aromatic N) is 1. The lowest BCUT2D eigenvalue weighted by Crippen LogP contribution is -2.54. The zero-order valence-corrected chi connectivity index (χ0v) is 8.28. The first-order valence-corrected chi connectivity index (χ1v) is 5.21. The van der Waals surface area contributed by atoms with Crippen molar-refractivity contribution < 1.29 is 9.84 Å². The zero-order chi connectivity index (χ0) is 9.26. The lowest BCUT2D eigenvalue weighted by Gasteiger charge is -2.46. The third-order valence-electron chi connectivity index (χ3n) is 3.52. The number of piperidine rings is 1. The van der Waals surface area contributed by atoms with E-state index in [-0.39, 0.29) is 0 Å². The SMILES string of the molecule is CN1C2COCC1CC(CCO)C2. The van der Waals surface area contributed by atoms with Crippen LogP contribution in [-0.4, -0.2) is 49.0 Å². The van der Waals surface area contributed by atoms with Gasteiger partial charge in [-0.25, -0.2) is 0 Å². The number of fused-ring (bicyclic) bond motifs is 2. The summed E-state index contributed by atoms with van der Waals surface area (Å²) < 4.78 is 5.53. The van der Waals surface area contributed by atoms with E-state index in [1.54, 1.807) is 0 Å². The van der Waals surface area contributed by atoms with Gasteiger partial charge in [0.05, 0.1) is 13.2 Å². The van der Waals surface area contributed by atoms with Crippen LogP contribution in [0.15, 0.2) is 0 Å². The quantitative estimate of drug-likeness (QED) is 0.679. The summed E-state index contributed by atoms with van der Waals surface area (Å²) >= 11 is 0. The Labute approximate surface area is 79.7 Å². The van der Waals surface area contributed by atoms with Crippen LogP contribution in [0.1, 0.15) is 19.3 Å². The van der Waals surface area contributed by atoms with Crippen molar-refractivity contribution in [2.45, 2.75) is 31.3 Å². The Balaban J connectivity index is 1.95. The van der Waals surface area contributed by atoms with Gasteiger partial charge in [-0.05, 0) is 32.2 Å². The van der Waals surface area contributed by atoms with E-state index < -0.39 is 0 Å². The van der Waals surface area contributed by atoms with Gasteiger partial charge >= 0.3 is 0 Å². The minimum atomic E-state index is 0.342. The maximum absolute atomic E-state index is 8.90. The monoisotopic (exact) mass is 185 g/mol. The van der Waals surface area contributed by atoms with Crippen molar-refractivity contribution in [3.8, 4) is 0 Å². The van der Waals surface area contributed by atoms with Crippen molar-refractivity contribution in [3.63, 3.8) is 0 Å². The Morgan fingerprint density at radius 1 is 1.31 bits per heavy atom. The lowest BCUT2D eigenvalue weighted by atomic mass is 9.84. The molecule has 2 heterocycles. The molecule has 0 amide bonds. The molecule has 2 atom stereocenters. The fourth-order valence-corrected chi connectivity index (χ4v) is 2.63. The molecule has 0 aromatic heterocycles. The van der Waals surface area contributed by atoms with Gasteiger partial charge in [-0.15, -0.1) is 0 Å². The van der Waals surface area contributed by atoms with Crippen LogP contribution in [0.2, 0.25) is 0 Å². The molecule has 0 aromatic rings. The molecule has 3 heteroatoms. The topological polar surface area (TPSA) is 32.7 Å². The fourth-order valence-electron chi connectivity index (χ4n) is 2.63. The van der Waals surface area contributed by atoms with E-state index in [9.17, 15) is 0 Å². The third kappa shape index (κ3) is 1.87. The number of hydrogen-bond acceptors (Lipinski definition) is 3. The van der Waals surface area contributed by atoms with Crippen LogP contribution in [0, 0.1) is 5.92 Å². The predicted octanol–water partition coefficient (Wildman–Crippen LogP) is 0.478. The molecule has 0 spiro atoms. The van der Waals surface area contributed by atoms with Crippen molar-refractivity contribution in [1.82, 2.24) is 4.90 Å². The van der Waals surface area contributed by atoms with Crippen molar-refractivity contribution in [2.24, 2.45) is 5.92 Å². The Morgan fingerprint density at radius 2 is 1.92 bits per heavy atom. The number of aliphatic hydroxyl groups excluding tert-OH is 1. The van der Waals surface area contributed by atoms with Gasteiger partial charge in [-0.3, -0.25) is 4.90 Å². The van der Waals surface area contributed by atoms with E-state index in [1.165, 1.54) is 12.8 Å². The number of likely N-dealkylation sites (N-methyl/N-ethyl adjacent to an activating group) is 1. The minimum absolute atomic E-state index is 0.342. The first kappa shape index (κ1) is 9.44. The molecule has 0 radical (unpaired) electrons. The summed E-state index contributed by atoms with van der Waals surface area (Å²) in [6, 6.07) is 1.20. The second kappa shape index (κ2) is 3.95. The molecule has 2 saturated heterocycles. The molecule has 13 heavy (non-hydrogen) atoms. The summed E-state index contributed by atoms with van der Waals surface area (Å²) in [6.45, 7) is 2.11. The molecule has 76 valence electrons. The molecular formula is C10H19NO2. The number of ether oxygens (including phenoxy) is 1. The molecule has 2 fully saturated rings. The Hall–Kier alpha value is -0.120. The summed E-state index contributed by atoms with van der Waals surface area (Å²) in [5.41, 5.74) is 0. The van der Waals surface area contributed by atoms with E-state index in [4.69, 9.17) is 9.84 Å². The van der Waals surface area contributed by atoms with Gasteiger partial charge in [0, 0.05) is 18.7 Å². The average molecular weight is 185 g/mol. The smallest absolute Gasteiger partial charge is 0.0622 e. The number of hydrogen-bond donors (Lipinski definition) is 1. The molecule has 1 N–H and O–H groups in total. The molecule has 2 aliphatic rings. The molecule has 2 bridgehead atoms. The van der Waals surface area contributed by atoms with E-state index in [0.29, 0.717) is 18.7 Å². The van der Waals surface area contributed by atoms with Crippen LogP contribution in [0.25, 0.3) is 0 Å². The number of aliphatic hydroxyl groups is 1. The summed E-state index contributed by atoms with van der Waals surface area (Å²) in [6.07, 6.45) is 3.38. The van der Waals surface area contributed by atoms with Crippen molar-refractivity contribution >= 4 is 0 Å². The van der Waals surface area contributed by atoms with Crippen molar-refractivity contribution in [2.75, 3.05) is 26.9 Å². The highest BCUT2D eigenvalue weighted by molar-refractivity contribution is 4.89. The highest BCUT2D eigenvalue weighted by Crippen LogP contribution is 2.31. The van der Waals surface area contributed by atoms with E-state index in [2.05, 4.69) is 11.9 Å². The minimum Gasteiger partial charge on any atom is -0.396 e. The van der Waals surface area contributed by atoms with Crippen LogP contribution in [0.4, 0.5) is 0 Å². The molecule has 0 saturated carbocycles. The van der Waals surface area contributed by atoms with Gasteiger partial charge in [0.25, 0.3) is 0 Å². The number of rotatable bonds is 2. The highest BCUT2D eigenvalue weighted by atomic mass is 16.5. The van der Waals surface area contributed by atoms with Crippen LogP contribution in [0.3, 0.4) is 0 Å². The second-order valence-corrected chi connectivity index (χ2v) is 4.36. The summed E-state index contributed by atoms with van der Waals surface area (Å²) in [5.74, 6) is 0.722. The summed E-state index contributed by atoms with van der Waals surface area (Å²) in [4.78, 5) is 2.46. The van der Waals surface area contributed by atoms with Crippen molar-refractivity contribution in [3.05, 3.63) is 0 Å². The van der Waals surface area contributed by atoms with Crippen LogP contribution < -0.4 is 0 Å². The van der Waals surface area contributed by atoms with Crippen LogP contribution in [-0.2, 0) is 4.74 Å². The van der Waals surface area contributed by atoms with Crippen molar-refractivity contribution in [1.29, 1.82) is 0 Å². The van der Waals surface area contributed by atoms with Gasteiger partial charge in [-0.2, -0.15) is 0 Å². The fraction of sp³-hybridized carbons (Fsp3) is 1.00. The average Bonchev–Trinajstić information content (AvgIpc) is 2.07. The van der Waals surface area contributed by atoms with Gasteiger partial charge in [0.1, 0.15) is 0 Å². The molecule has 0 aromatic carbocycles. The van der Waals surface area contributed by atoms with Gasteiger partial charge < -0.3 is 9.84 Å².